The van der Waals surface area contributed by atoms with Crippen LogP contribution in [0, 0.1) is 31.5 Å². The highest BCUT2D eigenvalue weighted by Gasteiger charge is 2.44. The van der Waals surface area contributed by atoms with Crippen LogP contribution in [0.3, 0.4) is 0 Å². The van der Waals surface area contributed by atoms with Crippen LogP contribution < -0.4 is 5.32 Å². The van der Waals surface area contributed by atoms with Crippen molar-refractivity contribution in [3.8, 4) is 11.3 Å². The minimum Gasteiger partial charge on any atom is -0.356 e. The Balaban J connectivity index is 1.56. The second-order valence-electron chi connectivity index (χ2n) is 8.66. The first-order valence-electron chi connectivity index (χ1n) is 10.5. The first kappa shape index (κ1) is 21.6. The topological polar surface area (TPSA) is 76.1 Å². The fourth-order valence-corrected chi connectivity index (χ4v) is 4.55. The Morgan fingerprint density at radius 1 is 1.19 bits per heavy atom. The summed E-state index contributed by atoms with van der Waals surface area (Å²) < 4.78 is 14.3. The van der Waals surface area contributed by atoms with Crippen molar-refractivity contribution in [3.05, 3.63) is 51.9 Å². The Hall–Kier alpha value is -2.60. The van der Waals surface area contributed by atoms with Crippen molar-refractivity contribution in [1.29, 1.82) is 0 Å². The number of ketones is 2. The van der Waals surface area contributed by atoms with E-state index in [1.807, 2.05) is 0 Å². The van der Waals surface area contributed by atoms with Crippen LogP contribution in [0.25, 0.3) is 11.3 Å². The lowest BCUT2D eigenvalue weighted by Gasteiger charge is -2.17. The van der Waals surface area contributed by atoms with Crippen molar-refractivity contribution in [2.45, 2.75) is 45.4 Å². The molecule has 1 aromatic heterocycles. The molecule has 2 atom stereocenters. The van der Waals surface area contributed by atoms with Gasteiger partial charge in [-0.1, -0.05) is 11.6 Å². The number of amides is 1. The van der Waals surface area contributed by atoms with Gasteiger partial charge in [0, 0.05) is 37.1 Å². The first-order chi connectivity index (χ1) is 14.7. The highest BCUT2D eigenvalue weighted by atomic mass is 35.5. The Bertz CT molecular complexity index is 1060. The molecule has 31 heavy (non-hydrogen) atoms. The van der Waals surface area contributed by atoms with Crippen molar-refractivity contribution < 1.29 is 18.8 Å². The molecule has 4 rings (SSSR count). The van der Waals surface area contributed by atoms with Gasteiger partial charge >= 0.3 is 0 Å². The van der Waals surface area contributed by atoms with E-state index < -0.39 is 17.7 Å². The van der Waals surface area contributed by atoms with Gasteiger partial charge in [-0.2, -0.15) is 0 Å². The van der Waals surface area contributed by atoms with Gasteiger partial charge in [-0.05, 0) is 67.5 Å². The minimum absolute atomic E-state index is 0.0455. The molecule has 2 aromatic rings. The molecule has 0 saturated heterocycles. The van der Waals surface area contributed by atoms with Gasteiger partial charge < -0.3 is 5.32 Å². The molecule has 7 heteroatoms. The maximum atomic E-state index is 14.3. The number of hydrogen-bond acceptors (Lipinski definition) is 4. The fraction of sp³-hybridized carbons (Fsp3) is 0.417. The lowest BCUT2D eigenvalue weighted by atomic mass is 9.85. The molecule has 0 bridgehead atoms. The summed E-state index contributed by atoms with van der Waals surface area (Å²) in [4.78, 5) is 42.1. The zero-order valence-corrected chi connectivity index (χ0v) is 18.3. The van der Waals surface area contributed by atoms with Crippen LogP contribution in [-0.2, 0) is 14.4 Å². The molecule has 0 radical (unpaired) electrons. The van der Waals surface area contributed by atoms with Gasteiger partial charge in [0.2, 0.25) is 5.91 Å². The van der Waals surface area contributed by atoms with Gasteiger partial charge in [0.1, 0.15) is 17.4 Å². The van der Waals surface area contributed by atoms with Crippen molar-refractivity contribution in [2.24, 2.45) is 11.8 Å². The van der Waals surface area contributed by atoms with E-state index in [0.29, 0.717) is 23.6 Å². The molecule has 1 N–H and O–H groups in total. The first-order valence-corrected chi connectivity index (χ1v) is 10.9. The number of carbonyl (C=O) groups excluding carboxylic acids is 3. The quantitative estimate of drug-likeness (QED) is 0.676. The lowest BCUT2D eigenvalue weighted by molar-refractivity contribution is -0.128. The van der Waals surface area contributed by atoms with E-state index in [1.54, 1.807) is 26.0 Å². The number of halogens is 2. The summed E-state index contributed by atoms with van der Waals surface area (Å²) >= 11 is 5.79. The molecule has 2 fully saturated rings. The summed E-state index contributed by atoms with van der Waals surface area (Å²) in [6.45, 7) is 4.25. The maximum absolute atomic E-state index is 14.3. The smallest absolute Gasteiger partial charge is 0.220 e. The van der Waals surface area contributed by atoms with Crippen LogP contribution in [0.1, 0.15) is 48.3 Å². The number of Topliss-reactive ketones (excluding diaryl/α,β-unsaturated/α-hetero) is 2. The van der Waals surface area contributed by atoms with E-state index >= 15 is 0 Å². The van der Waals surface area contributed by atoms with E-state index in [0.717, 1.165) is 24.0 Å². The van der Waals surface area contributed by atoms with E-state index in [1.165, 1.54) is 12.3 Å². The molecule has 2 aliphatic rings. The molecule has 162 valence electrons. The second-order valence-corrected chi connectivity index (χ2v) is 9.10. The average Bonchev–Trinajstić information content (AvgIpc) is 3.48. The van der Waals surface area contributed by atoms with Crippen LogP contribution in [0.5, 0.6) is 0 Å². The van der Waals surface area contributed by atoms with Gasteiger partial charge in [-0.3, -0.25) is 19.4 Å². The summed E-state index contributed by atoms with van der Waals surface area (Å²) in [5.41, 5.74) is 2.81. The van der Waals surface area contributed by atoms with Gasteiger partial charge in [0.15, 0.2) is 11.6 Å². The number of nitrogens with zero attached hydrogens (tertiary/aromatic N) is 1. The van der Waals surface area contributed by atoms with Crippen LogP contribution >= 0.6 is 11.6 Å². The van der Waals surface area contributed by atoms with Gasteiger partial charge in [0.25, 0.3) is 0 Å². The molecule has 2 saturated carbocycles. The van der Waals surface area contributed by atoms with Crippen LogP contribution in [0.15, 0.2) is 24.4 Å². The summed E-state index contributed by atoms with van der Waals surface area (Å²) in [5.74, 6) is -2.00. The lowest BCUT2D eigenvalue weighted by Crippen LogP contribution is -2.29. The number of carbonyl (C=O) groups is 3. The molecule has 0 aliphatic heterocycles. The zero-order valence-electron chi connectivity index (χ0n) is 17.5. The zero-order chi connectivity index (χ0) is 22.3. The average molecular weight is 443 g/mol. The third-order valence-corrected chi connectivity index (χ3v) is 6.34. The number of benzene rings is 1. The maximum Gasteiger partial charge on any atom is 0.220 e. The number of aryl methyl sites for hydroxylation is 2. The number of hydrogen-bond donors (Lipinski definition) is 1. The predicted molar refractivity (Wildman–Crippen MR) is 115 cm³/mol. The Morgan fingerprint density at radius 2 is 1.87 bits per heavy atom. The minimum atomic E-state index is -0.877. The molecule has 1 aromatic carbocycles. The highest BCUT2D eigenvalue weighted by Crippen LogP contribution is 2.39. The third kappa shape index (κ3) is 4.54. The van der Waals surface area contributed by atoms with Gasteiger partial charge in [0.05, 0.1) is 5.02 Å². The normalized spacial score (nSPS) is 20.9. The molecular formula is C24H24ClFN2O3. The number of rotatable bonds is 6. The summed E-state index contributed by atoms with van der Waals surface area (Å²) in [6.07, 6.45) is 3.76. The second kappa shape index (κ2) is 8.50. The van der Waals surface area contributed by atoms with Crippen molar-refractivity contribution in [1.82, 2.24) is 10.3 Å². The summed E-state index contributed by atoms with van der Waals surface area (Å²) in [7, 11) is 0. The van der Waals surface area contributed by atoms with Gasteiger partial charge in [-0.15, -0.1) is 0 Å². The van der Waals surface area contributed by atoms with E-state index in [4.69, 9.17) is 11.6 Å². The monoisotopic (exact) mass is 442 g/mol. The van der Waals surface area contributed by atoms with Crippen LogP contribution in [-0.4, -0.2) is 29.0 Å². The molecule has 0 spiro atoms. The Morgan fingerprint density at radius 3 is 2.48 bits per heavy atom. The molecule has 5 nitrogen and oxygen atoms in total. The van der Waals surface area contributed by atoms with Crippen molar-refractivity contribution in [2.75, 3.05) is 6.54 Å². The Labute approximate surface area is 185 Å². The van der Waals surface area contributed by atoms with E-state index in [2.05, 4.69) is 10.3 Å². The van der Waals surface area contributed by atoms with Crippen molar-refractivity contribution in [3.63, 3.8) is 0 Å². The number of aromatic nitrogens is 1. The molecular weight excluding hydrogens is 419 g/mol. The summed E-state index contributed by atoms with van der Waals surface area (Å²) in [5, 5.41) is 3.07. The third-order valence-electron chi connectivity index (χ3n) is 6.14. The van der Waals surface area contributed by atoms with E-state index in [9.17, 15) is 18.8 Å². The van der Waals surface area contributed by atoms with E-state index in [-0.39, 0.29) is 41.0 Å². The molecule has 2 unspecified atom stereocenters. The predicted octanol–water partition coefficient (Wildman–Crippen LogP) is 4.32. The molecule has 1 amide bonds. The van der Waals surface area contributed by atoms with Gasteiger partial charge in [-0.25, -0.2) is 4.39 Å². The fourth-order valence-electron chi connectivity index (χ4n) is 4.40. The standard InChI is InChI=1S/C24H24ClFN2O3/c1-12-5-15(23-18(26)9-17(25)11-28-23)6-13(2)21(12)22-19(29)7-16(24(22)31)8-20(30)27-10-14-3-4-14/h5-6,9,11,14,16,22H,3-4,7-8,10H2,1-2H3,(H,27,30). The molecule has 1 heterocycles. The van der Waals surface area contributed by atoms with Crippen LogP contribution in [0.4, 0.5) is 4.39 Å². The highest BCUT2D eigenvalue weighted by molar-refractivity contribution is 6.30. The summed E-state index contributed by atoms with van der Waals surface area (Å²) in [6, 6.07) is 4.67. The molecule has 2 aliphatic carbocycles. The van der Waals surface area contributed by atoms with Crippen molar-refractivity contribution >= 4 is 29.1 Å². The SMILES string of the molecule is Cc1cc(-c2ncc(Cl)cc2F)cc(C)c1C1C(=O)CC(CC(=O)NCC2CC2)C1=O. The number of nitrogens with one attached hydrogen (secondary N) is 1. The largest absolute Gasteiger partial charge is 0.356 e. The number of pyridine rings is 1. The Kier molecular flexibility index (Phi) is 5.93. The van der Waals surface area contributed by atoms with Crippen LogP contribution in [0.2, 0.25) is 5.02 Å².